The maximum absolute atomic E-state index is 3.63. The highest BCUT2D eigenvalue weighted by Crippen LogP contribution is 2.44. The molecule has 0 bridgehead atoms. The minimum atomic E-state index is 0.708. The van der Waals surface area contributed by atoms with Crippen molar-refractivity contribution in [2.24, 2.45) is 5.92 Å². The molecule has 1 aliphatic carbocycles. The minimum Gasteiger partial charge on any atom is -0.309 e. The third kappa shape index (κ3) is 1.02. The third-order valence-electron chi connectivity index (χ3n) is 2.92. The lowest BCUT2D eigenvalue weighted by Crippen LogP contribution is -2.29. The van der Waals surface area contributed by atoms with Crippen LogP contribution in [0.2, 0.25) is 0 Å². The van der Waals surface area contributed by atoms with Crippen LogP contribution in [0.4, 0.5) is 0 Å². The first-order valence-electron chi connectivity index (χ1n) is 4.75. The van der Waals surface area contributed by atoms with Crippen molar-refractivity contribution in [2.45, 2.75) is 25.3 Å². The summed E-state index contributed by atoms with van der Waals surface area (Å²) in [6.45, 7) is 1.19. The summed E-state index contributed by atoms with van der Waals surface area (Å²) >= 11 is 1.93. The third-order valence-corrected chi connectivity index (χ3v) is 3.92. The summed E-state index contributed by atoms with van der Waals surface area (Å²) in [6, 6.07) is 3.02. The molecule has 2 heterocycles. The van der Waals surface area contributed by atoms with E-state index in [0.29, 0.717) is 6.04 Å². The molecule has 0 spiro atoms. The van der Waals surface area contributed by atoms with E-state index < -0.39 is 0 Å². The van der Waals surface area contributed by atoms with Gasteiger partial charge in [0.2, 0.25) is 0 Å². The van der Waals surface area contributed by atoms with Gasteiger partial charge in [-0.25, -0.2) is 0 Å². The van der Waals surface area contributed by atoms with Crippen LogP contribution < -0.4 is 5.32 Å². The highest BCUT2D eigenvalue weighted by Gasteiger charge is 2.34. The Hall–Kier alpha value is -0.340. The maximum atomic E-state index is 3.63. The van der Waals surface area contributed by atoms with Gasteiger partial charge < -0.3 is 5.32 Å². The van der Waals surface area contributed by atoms with Gasteiger partial charge in [0.05, 0.1) is 0 Å². The fraction of sp³-hybridized carbons (Fsp3) is 0.600. The number of hydrogen-bond acceptors (Lipinski definition) is 2. The molecule has 2 heteroatoms. The second kappa shape index (κ2) is 2.57. The first-order chi connectivity index (χ1) is 5.95. The van der Waals surface area contributed by atoms with Gasteiger partial charge in [0.25, 0.3) is 0 Å². The smallest absolute Gasteiger partial charge is 0.0359 e. The molecule has 2 aliphatic rings. The molecule has 12 heavy (non-hydrogen) atoms. The Morgan fingerprint density at radius 3 is 3.17 bits per heavy atom. The standard InChI is InChI=1S/C10H13NS/c1-2-7(1)10-8-4-6-12-9(8)3-5-11-10/h4,6-7,10-11H,1-3,5H2/t10-/m1/s1. The lowest BCUT2D eigenvalue weighted by molar-refractivity contribution is 0.462. The van der Waals surface area contributed by atoms with E-state index in [1.54, 1.807) is 10.4 Å². The Bertz CT molecular complexity index is 288. The van der Waals surface area contributed by atoms with Gasteiger partial charge in [-0.3, -0.25) is 0 Å². The quantitative estimate of drug-likeness (QED) is 0.697. The number of thiophene rings is 1. The van der Waals surface area contributed by atoms with E-state index in [2.05, 4.69) is 16.8 Å². The van der Waals surface area contributed by atoms with Gasteiger partial charge in [-0.1, -0.05) is 0 Å². The minimum absolute atomic E-state index is 0.708. The van der Waals surface area contributed by atoms with Crippen LogP contribution in [-0.4, -0.2) is 6.54 Å². The van der Waals surface area contributed by atoms with E-state index >= 15 is 0 Å². The zero-order valence-electron chi connectivity index (χ0n) is 7.05. The van der Waals surface area contributed by atoms with E-state index in [0.717, 1.165) is 5.92 Å². The summed E-state index contributed by atoms with van der Waals surface area (Å²) < 4.78 is 0. The summed E-state index contributed by atoms with van der Waals surface area (Å²) in [5, 5.41) is 5.87. The normalized spacial score (nSPS) is 28.5. The van der Waals surface area contributed by atoms with E-state index in [9.17, 15) is 0 Å². The van der Waals surface area contributed by atoms with E-state index in [1.807, 2.05) is 11.3 Å². The molecule has 0 saturated heterocycles. The van der Waals surface area contributed by atoms with Crippen LogP contribution in [0.25, 0.3) is 0 Å². The zero-order chi connectivity index (χ0) is 7.97. The molecule has 0 radical (unpaired) electrons. The molecule has 1 N–H and O–H groups in total. The molecule has 0 aromatic carbocycles. The molecule has 1 atom stereocenters. The number of hydrogen-bond donors (Lipinski definition) is 1. The maximum Gasteiger partial charge on any atom is 0.0359 e. The fourth-order valence-corrected chi connectivity index (χ4v) is 3.06. The monoisotopic (exact) mass is 179 g/mol. The predicted molar refractivity (Wildman–Crippen MR) is 51.5 cm³/mol. The van der Waals surface area contributed by atoms with Gasteiger partial charge in [-0.15, -0.1) is 11.3 Å². The molecular weight excluding hydrogens is 166 g/mol. The van der Waals surface area contributed by atoms with Crippen LogP contribution in [0.5, 0.6) is 0 Å². The molecule has 1 aliphatic heterocycles. The van der Waals surface area contributed by atoms with Gasteiger partial charge >= 0.3 is 0 Å². The van der Waals surface area contributed by atoms with Crippen molar-refractivity contribution in [3.63, 3.8) is 0 Å². The first kappa shape index (κ1) is 7.10. The lowest BCUT2D eigenvalue weighted by Gasteiger charge is -2.23. The predicted octanol–water partition coefficient (Wildman–Crippen LogP) is 2.34. The van der Waals surface area contributed by atoms with Gasteiger partial charge in [0, 0.05) is 17.5 Å². The first-order valence-corrected chi connectivity index (χ1v) is 5.63. The molecule has 1 nitrogen and oxygen atoms in total. The summed E-state index contributed by atoms with van der Waals surface area (Å²) in [4.78, 5) is 1.63. The Kier molecular flexibility index (Phi) is 1.52. The van der Waals surface area contributed by atoms with Crippen LogP contribution in [0.3, 0.4) is 0 Å². The van der Waals surface area contributed by atoms with Crippen molar-refractivity contribution in [1.29, 1.82) is 0 Å². The lowest BCUT2D eigenvalue weighted by atomic mass is 9.99. The van der Waals surface area contributed by atoms with Gasteiger partial charge in [0.1, 0.15) is 0 Å². The summed E-state index contributed by atoms with van der Waals surface area (Å²) in [5.41, 5.74) is 1.61. The Labute approximate surface area is 76.8 Å². The van der Waals surface area contributed by atoms with Gasteiger partial charge in [-0.05, 0) is 42.2 Å². The van der Waals surface area contributed by atoms with Crippen molar-refractivity contribution in [3.8, 4) is 0 Å². The van der Waals surface area contributed by atoms with Gasteiger partial charge in [0.15, 0.2) is 0 Å². The molecule has 1 fully saturated rings. The van der Waals surface area contributed by atoms with E-state index in [-0.39, 0.29) is 0 Å². The molecule has 3 rings (SSSR count). The SMILES string of the molecule is c1cc2c(s1)CCN[C@@H]2C1CC1. The van der Waals surface area contributed by atoms with E-state index in [1.165, 1.54) is 25.8 Å². The van der Waals surface area contributed by atoms with Crippen molar-refractivity contribution in [1.82, 2.24) is 5.32 Å². The molecule has 1 aromatic heterocycles. The van der Waals surface area contributed by atoms with Crippen molar-refractivity contribution < 1.29 is 0 Å². The largest absolute Gasteiger partial charge is 0.309 e. The van der Waals surface area contributed by atoms with Crippen molar-refractivity contribution in [3.05, 3.63) is 21.9 Å². The second-order valence-corrected chi connectivity index (χ2v) is 4.82. The average molecular weight is 179 g/mol. The number of rotatable bonds is 1. The van der Waals surface area contributed by atoms with Crippen molar-refractivity contribution in [2.75, 3.05) is 6.54 Å². The molecule has 64 valence electrons. The Morgan fingerprint density at radius 1 is 1.42 bits per heavy atom. The average Bonchev–Trinajstić information content (AvgIpc) is 2.82. The fourth-order valence-electron chi connectivity index (χ4n) is 2.13. The molecular formula is C10H13NS. The Morgan fingerprint density at radius 2 is 2.33 bits per heavy atom. The van der Waals surface area contributed by atoms with Crippen molar-refractivity contribution >= 4 is 11.3 Å². The molecule has 0 amide bonds. The summed E-state index contributed by atoms with van der Waals surface area (Å²) in [7, 11) is 0. The van der Waals surface area contributed by atoms with Crippen LogP contribution in [0, 0.1) is 5.92 Å². The van der Waals surface area contributed by atoms with E-state index in [4.69, 9.17) is 0 Å². The van der Waals surface area contributed by atoms with Crippen LogP contribution in [-0.2, 0) is 6.42 Å². The molecule has 1 saturated carbocycles. The van der Waals surface area contributed by atoms with Crippen LogP contribution in [0.15, 0.2) is 11.4 Å². The summed E-state index contributed by atoms with van der Waals surface area (Å²) in [5.74, 6) is 0.957. The zero-order valence-corrected chi connectivity index (χ0v) is 7.86. The molecule has 1 aromatic rings. The van der Waals surface area contributed by atoms with Crippen LogP contribution >= 0.6 is 11.3 Å². The second-order valence-electron chi connectivity index (χ2n) is 3.82. The summed E-state index contributed by atoms with van der Waals surface area (Å²) in [6.07, 6.45) is 4.12. The molecule has 0 unspecified atom stereocenters. The van der Waals surface area contributed by atoms with Gasteiger partial charge in [-0.2, -0.15) is 0 Å². The number of nitrogens with one attached hydrogen (secondary N) is 1. The highest BCUT2D eigenvalue weighted by atomic mass is 32.1. The topological polar surface area (TPSA) is 12.0 Å². The Balaban J connectivity index is 1.97. The van der Waals surface area contributed by atoms with Crippen LogP contribution in [0.1, 0.15) is 29.3 Å². The number of fused-ring (bicyclic) bond motifs is 1. The highest BCUT2D eigenvalue weighted by molar-refractivity contribution is 7.10.